The molecule has 8 heteroatoms. The molecule has 0 spiro atoms. The number of aliphatic hydroxyl groups is 1. The molecule has 0 fully saturated rings. The van der Waals surface area contributed by atoms with Crippen LogP contribution in [-0.2, 0) is 4.79 Å². The van der Waals surface area contributed by atoms with E-state index in [2.05, 4.69) is 15.2 Å². The summed E-state index contributed by atoms with van der Waals surface area (Å²) in [6.07, 6.45) is 1.85. The number of amides is 1. The summed E-state index contributed by atoms with van der Waals surface area (Å²) in [6.45, 7) is 0. The van der Waals surface area contributed by atoms with Crippen molar-refractivity contribution in [2.24, 2.45) is 0 Å². The standard InChI is InChI=1S/C19H15ClN4O2S/c1-27-19-21-18(22-23-19)24-15(12-7-9-13(20)10-8-12)14(16(25)17(24)26)11-5-3-2-4-6-11/h2-10,15,25H,1H3,(H,21,22,23). The molecule has 0 aliphatic carbocycles. The van der Waals surface area contributed by atoms with E-state index >= 15 is 0 Å². The van der Waals surface area contributed by atoms with Gasteiger partial charge in [-0.05, 0) is 29.5 Å². The summed E-state index contributed by atoms with van der Waals surface area (Å²) in [4.78, 5) is 18.7. The van der Waals surface area contributed by atoms with Crippen molar-refractivity contribution in [3.63, 3.8) is 0 Å². The molecule has 0 saturated carbocycles. The predicted octanol–water partition coefficient (Wildman–Crippen LogP) is 4.24. The van der Waals surface area contributed by atoms with Gasteiger partial charge >= 0.3 is 0 Å². The molecule has 2 heterocycles. The molecular weight excluding hydrogens is 384 g/mol. The molecule has 1 atom stereocenters. The lowest BCUT2D eigenvalue weighted by Gasteiger charge is -2.24. The molecule has 27 heavy (non-hydrogen) atoms. The molecule has 4 rings (SSSR count). The average Bonchev–Trinajstić information content (AvgIpc) is 3.26. The van der Waals surface area contributed by atoms with Crippen LogP contribution < -0.4 is 4.90 Å². The number of anilines is 1. The molecule has 1 aromatic heterocycles. The van der Waals surface area contributed by atoms with Gasteiger partial charge in [0.15, 0.2) is 5.76 Å². The van der Waals surface area contributed by atoms with Gasteiger partial charge in [0.2, 0.25) is 11.1 Å². The molecular formula is C19H15ClN4O2S. The van der Waals surface area contributed by atoms with Crippen LogP contribution in [0, 0.1) is 0 Å². The van der Waals surface area contributed by atoms with Gasteiger partial charge in [-0.25, -0.2) is 5.10 Å². The number of benzene rings is 2. The van der Waals surface area contributed by atoms with Crippen molar-refractivity contribution in [2.75, 3.05) is 11.2 Å². The number of carbonyl (C=O) groups is 1. The zero-order valence-electron chi connectivity index (χ0n) is 14.3. The fraction of sp³-hybridized carbons (Fsp3) is 0.105. The van der Waals surface area contributed by atoms with E-state index in [0.717, 1.165) is 11.1 Å². The fourth-order valence-corrected chi connectivity index (χ4v) is 3.57. The Morgan fingerprint density at radius 2 is 1.85 bits per heavy atom. The lowest BCUT2D eigenvalue weighted by Crippen LogP contribution is -2.31. The molecule has 0 radical (unpaired) electrons. The van der Waals surface area contributed by atoms with Crippen LogP contribution in [0.5, 0.6) is 0 Å². The van der Waals surface area contributed by atoms with E-state index in [9.17, 15) is 9.90 Å². The van der Waals surface area contributed by atoms with E-state index in [1.807, 2.05) is 48.7 Å². The minimum Gasteiger partial charge on any atom is -0.503 e. The van der Waals surface area contributed by atoms with E-state index in [1.54, 1.807) is 12.1 Å². The second-order valence-corrected chi connectivity index (χ2v) is 7.11. The topological polar surface area (TPSA) is 82.1 Å². The third-order valence-electron chi connectivity index (χ3n) is 4.34. The first-order chi connectivity index (χ1) is 13.1. The highest BCUT2D eigenvalue weighted by Crippen LogP contribution is 2.44. The number of halogens is 1. The number of nitrogens with one attached hydrogen (secondary N) is 1. The maximum Gasteiger partial charge on any atom is 0.296 e. The van der Waals surface area contributed by atoms with E-state index in [0.29, 0.717) is 15.8 Å². The van der Waals surface area contributed by atoms with Gasteiger partial charge in [-0.3, -0.25) is 9.69 Å². The normalized spacial score (nSPS) is 17.0. The molecule has 1 amide bonds. The number of hydrogen-bond acceptors (Lipinski definition) is 5. The van der Waals surface area contributed by atoms with E-state index < -0.39 is 11.9 Å². The van der Waals surface area contributed by atoms with Crippen LogP contribution in [0.3, 0.4) is 0 Å². The minimum atomic E-state index is -0.556. The SMILES string of the molecule is CSc1n[nH]c(N2C(=O)C(O)=C(c3ccccc3)C2c2ccc(Cl)cc2)n1. The summed E-state index contributed by atoms with van der Waals surface area (Å²) in [5.74, 6) is -0.553. The van der Waals surface area contributed by atoms with Gasteiger partial charge in [0, 0.05) is 10.6 Å². The van der Waals surface area contributed by atoms with Crippen LogP contribution in [0.2, 0.25) is 5.02 Å². The largest absolute Gasteiger partial charge is 0.503 e. The average molecular weight is 399 g/mol. The smallest absolute Gasteiger partial charge is 0.296 e. The third-order valence-corrected chi connectivity index (χ3v) is 5.14. The lowest BCUT2D eigenvalue weighted by molar-refractivity contribution is -0.117. The number of hydrogen-bond donors (Lipinski definition) is 2. The van der Waals surface area contributed by atoms with Crippen LogP contribution >= 0.6 is 23.4 Å². The van der Waals surface area contributed by atoms with Crippen molar-refractivity contribution in [3.05, 3.63) is 76.5 Å². The lowest BCUT2D eigenvalue weighted by atomic mass is 9.94. The summed E-state index contributed by atoms with van der Waals surface area (Å²) in [6, 6.07) is 16.0. The highest BCUT2D eigenvalue weighted by Gasteiger charge is 2.43. The van der Waals surface area contributed by atoms with Crippen LogP contribution in [0.4, 0.5) is 5.95 Å². The maximum atomic E-state index is 12.9. The molecule has 136 valence electrons. The first-order valence-corrected chi connectivity index (χ1v) is 9.74. The van der Waals surface area contributed by atoms with Gasteiger partial charge in [-0.1, -0.05) is 65.8 Å². The van der Waals surface area contributed by atoms with Crippen LogP contribution in [0.25, 0.3) is 5.57 Å². The molecule has 0 saturated heterocycles. The summed E-state index contributed by atoms with van der Waals surface area (Å²) >= 11 is 7.39. The number of H-pyrrole nitrogens is 1. The Morgan fingerprint density at radius 1 is 1.15 bits per heavy atom. The number of aromatic amines is 1. The van der Waals surface area contributed by atoms with Crippen molar-refractivity contribution in [3.8, 4) is 0 Å². The zero-order valence-corrected chi connectivity index (χ0v) is 15.8. The van der Waals surface area contributed by atoms with Gasteiger partial charge < -0.3 is 5.11 Å². The highest BCUT2D eigenvalue weighted by atomic mass is 35.5. The Balaban J connectivity index is 1.89. The van der Waals surface area contributed by atoms with Crippen molar-refractivity contribution >= 4 is 40.8 Å². The Kier molecular flexibility index (Phi) is 4.63. The number of rotatable bonds is 4. The van der Waals surface area contributed by atoms with Crippen LogP contribution in [0.15, 0.2) is 65.5 Å². The molecule has 1 unspecified atom stereocenters. The fourth-order valence-electron chi connectivity index (χ4n) is 3.13. The monoisotopic (exact) mass is 398 g/mol. The molecule has 1 aliphatic rings. The van der Waals surface area contributed by atoms with Crippen LogP contribution in [0.1, 0.15) is 17.2 Å². The highest BCUT2D eigenvalue weighted by molar-refractivity contribution is 7.98. The molecule has 6 nitrogen and oxygen atoms in total. The van der Waals surface area contributed by atoms with E-state index in [4.69, 9.17) is 11.6 Å². The molecule has 3 aromatic rings. The first kappa shape index (κ1) is 17.6. The quantitative estimate of drug-likeness (QED) is 0.642. The predicted molar refractivity (Wildman–Crippen MR) is 106 cm³/mol. The summed E-state index contributed by atoms with van der Waals surface area (Å²) in [7, 11) is 0. The Morgan fingerprint density at radius 3 is 2.48 bits per heavy atom. The Bertz CT molecular complexity index is 1020. The number of aliphatic hydroxyl groups excluding tert-OH is 1. The van der Waals surface area contributed by atoms with Crippen molar-refractivity contribution in [1.29, 1.82) is 0 Å². The summed E-state index contributed by atoms with van der Waals surface area (Å²) in [5, 5.41) is 18.7. The Hall–Kier alpha value is -2.77. The Labute approximate surface area is 164 Å². The number of nitrogens with zero attached hydrogens (tertiary/aromatic N) is 3. The van der Waals surface area contributed by atoms with Crippen molar-refractivity contribution in [1.82, 2.24) is 15.2 Å². The number of aromatic nitrogens is 3. The number of thioether (sulfide) groups is 1. The summed E-state index contributed by atoms with van der Waals surface area (Å²) < 4.78 is 0. The minimum absolute atomic E-state index is 0.279. The zero-order chi connectivity index (χ0) is 19.0. The molecule has 0 bridgehead atoms. The van der Waals surface area contributed by atoms with Gasteiger partial charge in [-0.15, -0.1) is 5.10 Å². The van der Waals surface area contributed by atoms with Gasteiger partial charge in [-0.2, -0.15) is 4.98 Å². The van der Waals surface area contributed by atoms with E-state index in [1.165, 1.54) is 16.7 Å². The second-order valence-electron chi connectivity index (χ2n) is 5.90. The molecule has 1 aliphatic heterocycles. The summed E-state index contributed by atoms with van der Waals surface area (Å²) in [5.41, 5.74) is 2.08. The third kappa shape index (κ3) is 3.09. The van der Waals surface area contributed by atoms with Gasteiger partial charge in [0.05, 0.1) is 6.04 Å². The first-order valence-electron chi connectivity index (χ1n) is 8.14. The van der Waals surface area contributed by atoms with E-state index in [-0.39, 0.29) is 11.7 Å². The second kappa shape index (κ2) is 7.09. The van der Waals surface area contributed by atoms with Gasteiger partial charge in [0.1, 0.15) is 0 Å². The maximum absolute atomic E-state index is 12.9. The molecule has 2 aromatic carbocycles. The number of carbonyl (C=O) groups excluding carboxylic acids is 1. The van der Waals surface area contributed by atoms with Crippen LogP contribution in [-0.4, -0.2) is 32.5 Å². The van der Waals surface area contributed by atoms with Crippen molar-refractivity contribution in [2.45, 2.75) is 11.2 Å². The van der Waals surface area contributed by atoms with Crippen molar-refractivity contribution < 1.29 is 9.90 Å². The van der Waals surface area contributed by atoms with Gasteiger partial charge in [0.25, 0.3) is 5.91 Å². The molecule has 2 N–H and O–H groups in total.